The monoisotopic (exact) mass is 311 g/mol. The van der Waals surface area contributed by atoms with Gasteiger partial charge in [0.1, 0.15) is 13.2 Å². The van der Waals surface area contributed by atoms with E-state index in [9.17, 15) is 9.90 Å². The van der Waals surface area contributed by atoms with Crippen molar-refractivity contribution in [2.75, 3.05) is 26.3 Å². The standard InChI is InChI=1S/C15H18ClNO4/c1-9(18)10-2-3-17(8-10)15(19)11-6-12(16)14-13(7-11)20-4-5-21-14/h6-7,9-10,18H,2-5,8H2,1H3. The Morgan fingerprint density at radius 3 is 2.90 bits per heavy atom. The second-order valence-corrected chi connectivity index (χ2v) is 5.93. The van der Waals surface area contributed by atoms with E-state index in [0.717, 1.165) is 6.42 Å². The minimum atomic E-state index is -0.397. The summed E-state index contributed by atoms with van der Waals surface area (Å²) in [6, 6.07) is 3.30. The van der Waals surface area contributed by atoms with Gasteiger partial charge in [-0.05, 0) is 25.5 Å². The number of carbonyl (C=O) groups excluding carboxylic acids is 1. The molecular weight excluding hydrogens is 294 g/mol. The van der Waals surface area contributed by atoms with Crippen LogP contribution in [0.15, 0.2) is 12.1 Å². The molecule has 21 heavy (non-hydrogen) atoms. The first kappa shape index (κ1) is 14.5. The van der Waals surface area contributed by atoms with Crippen LogP contribution >= 0.6 is 11.6 Å². The molecule has 0 spiro atoms. The maximum atomic E-state index is 12.5. The van der Waals surface area contributed by atoms with Gasteiger partial charge in [0.2, 0.25) is 0 Å². The molecule has 1 aromatic carbocycles. The Morgan fingerprint density at radius 2 is 2.19 bits per heavy atom. The normalized spacial score (nSPS) is 22.2. The maximum Gasteiger partial charge on any atom is 0.254 e. The van der Waals surface area contributed by atoms with Crippen molar-refractivity contribution in [3.63, 3.8) is 0 Å². The molecule has 2 aliphatic rings. The Hall–Kier alpha value is -1.46. The van der Waals surface area contributed by atoms with Crippen LogP contribution in [0.25, 0.3) is 0 Å². The lowest BCUT2D eigenvalue weighted by Crippen LogP contribution is -2.30. The number of fused-ring (bicyclic) bond motifs is 1. The van der Waals surface area contributed by atoms with Gasteiger partial charge in [-0.15, -0.1) is 0 Å². The second kappa shape index (κ2) is 5.73. The zero-order valence-corrected chi connectivity index (χ0v) is 12.6. The number of rotatable bonds is 2. The summed E-state index contributed by atoms with van der Waals surface area (Å²) in [5, 5.41) is 10.0. The molecule has 0 saturated carbocycles. The molecule has 2 heterocycles. The number of aliphatic hydroxyl groups is 1. The van der Waals surface area contributed by atoms with Crippen LogP contribution in [-0.2, 0) is 0 Å². The molecule has 1 N–H and O–H groups in total. The zero-order chi connectivity index (χ0) is 15.0. The summed E-state index contributed by atoms with van der Waals surface area (Å²) in [6.07, 6.45) is 0.425. The molecule has 1 aromatic rings. The Balaban J connectivity index is 1.81. The highest BCUT2D eigenvalue weighted by Crippen LogP contribution is 2.38. The predicted molar refractivity (Wildman–Crippen MR) is 78.1 cm³/mol. The molecule has 1 fully saturated rings. The van der Waals surface area contributed by atoms with Crippen LogP contribution < -0.4 is 9.47 Å². The van der Waals surface area contributed by atoms with Crippen LogP contribution in [0.1, 0.15) is 23.7 Å². The maximum absolute atomic E-state index is 12.5. The van der Waals surface area contributed by atoms with E-state index in [4.69, 9.17) is 21.1 Å². The van der Waals surface area contributed by atoms with Gasteiger partial charge in [0.15, 0.2) is 11.5 Å². The summed E-state index contributed by atoms with van der Waals surface area (Å²) in [6.45, 7) is 3.90. The van der Waals surface area contributed by atoms with E-state index in [1.807, 2.05) is 0 Å². The quantitative estimate of drug-likeness (QED) is 0.907. The highest BCUT2D eigenvalue weighted by Gasteiger charge is 2.30. The molecule has 6 heteroatoms. The number of aliphatic hydroxyl groups excluding tert-OH is 1. The summed E-state index contributed by atoms with van der Waals surface area (Å²) >= 11 is 6.16. The van der Waals surface area contributed by atoms with Gasteiger partial charge in [0.25, 0.3) is 5.91 Å². The highest BCUT2D eigenvalue weighted by atomic mass is 35.5. The first-order valence-corrected chi connectivity index (χ1v) is 7.50. The fraction of sp³-hybridized carbons (Fsp3) is 0.533. The van der Waals surface area contributed by atoms with Gasteiger partial charge in [0, 0.05) is 24.6 Å². The number of amides is 1. The van der Waals surface area contributed by atoms with Crippen LogP contribution in [-0.4, -0.2) is 48.3 Å². The lowest BCUT2D eigenvalue weighted by atomic mass is 10.0. The first-order valence-electron chi connectivity index (χ1n) is 7.12. The van der Waals surface area contributed by atoms with E-state index >= 15 is 0 Å². The number of hydrogen-bond donors (Lipinski definition) is 1. The average molecular weight is 312 g/mol. The molecular formula is C15H18ClNO4. The second-order valence-electron chi connectivity index (χ2n) is 5.52. The van der Waals surface area contributed by atoms with Crippen LogP contribution in [0, 0.1) is 5.92 Å². The van der Waals surface area contributed by atoms with Gasteiger partial charge in [-0.25, -0.2) is 0 Å². The largest absolute Gasteiger partial charge is 0.486 e. The lowest BCUT2D eigenvalue weighted by Gasteiger charge is -2.22. The number of benzene rings is 1. The van der Waals surface area contributed by atoms with Crippen molar-refractivity contribution in [1.29, 1.82) is 0 Å². The summed E-state index contributed by atoms with van der Waals surface area (Å²) in [4.78, 5) is 14.3. The minimum Gasteiger partial charge on any atom is -0.486 e. The predicted octanol–water partition coefficient (Wildman–Crippen LogP) is 1.95. The molecule has 0 aromatic heterocycles. The lowest BCUT2D eigenvalue weighted by molar-refractivity contribution is 0.0761. The summed E-state index contributed by atoms with van der Waals surface area (Å²) in [5.41, 5.74) is 0.496. The van der Waals surface area contributed by atoms with Gasteiger partial charge in [-0.2, -0.15) is 0 Å². The van der Waals surface area contributed by atoms with Gasteiger partial charge < -0.3 is 19.5 Å². The van der Waals surface area contributed by atoms with Crippen LogP contribution in [0.3, 0.4) is 0 Å². The molecule has 0 aliphatic carbocycles. The topological polar surface area (TPSA) is 59.0 Å². The first-order chi connectivity index (χ1) is 10.1. The molecule has 114 valence electrons. The third-order valence-corrected chi connectivity index (χ3v) is 4.32. The van der Waals surface area contributed by atoms with E-state index in [2.05, 4.69) is 0 Å². The Bertz CT molecular complexity index is 561. The molecule has 0 radical (unpaired) electrons. The molecule has 5 nitrogen and oxygen atoms in total. The number of hydrogen-bond acceptors (Lipinski definition) is 4. The van der Waals surface area contributed by atoms with E-state index < -0.39 is 6.10 Å². The molecule has 2 unspecified atom stereocenters. The summed E-state index contributed by atoms with van der Waals surface area (Å²) in [7, 11) is 0. The minimum absolute atomic E-state index is 0.0861. The molecule has 3 rings (SSSR count). The molecule has 2 atom stereocenters. The van der Waals surface area contributed by atoms with Crippen molar-refractivity contribution < 1.29 is 19.4 Å². The van der Waals surface area contributed by atoms with E-state index in [1.54, 1.807) is 24.0 Å². The van der Waals surface area contributed by atoms with Gasteiger partial charge in [-0.3, -0.25) is 4.79 Å². The van der Waals surface area contributed by atoms with E-state index in [1.165, 1.54) is 0 Å². The number of carbonyl (C=O) groups is 1. The van der Waals surface area contributed by atoms with Crippen molar-refractivity contribution in [3.8, 4) is 11.5 Å². The SMILES string of the molecule is CC(O)C1CCN(C(=O)c2cc(Cl)c3c(c2)OCCO3)C1. The van der Waals surface area contributed by atoms with Crippen molar-refractivity contribution in [3.05, 3.63) is 22.7 Å². The van der Waals surface area contributed by atoms with E-state index in [0.29, 0.717) is 48.4 Å². The van der Waals surface area contributed by atoms with Crippen LogP contribution in [0.4, 0.5) is 0 Å². The van der Waals surface area contributed by atoms with Crippen molar-refractivity contribution >= 4 is 17.5 Å². The van der Waals surface area contributed by atoms with E-state index in [-0.39, 0.29) is 11.8 Å². The third kappa shape index (κ3) is 2.80. The number of nitrogens with zero attached hydrogens (tertiary/aromatic N) is 1. The summed E-state index contributed by atoms with van der Waals surface area (Å²) in [5.74, 6) is 1.07. The molecule has 2 aliphatic heterocycles. The zero-order valence-electron chi connectivity index (χ0n) is 11.8. The van der Waals surface area contributed by atoms with Gasteiger partial charge in [0.05, 0.1) is 11.1 Å². The van der Waals surface area contributed by atoms with Gasteiger partial charge in [-0.1, -0.05) is 11.6 Å². The number of ether oxygens (including phenoxy) is 2. The van der Waals surface area contributed by atoms with Crippen molar-refractivity contribution in [1.82, 2.24) is 4.90 Å². The van der Waals surface area contributed by atoms with Crippen molar-refractivity contribution in [2.24, 2.45) is 5.92 Å². The Kier molecular flexibility index (Phi) is 3.95. The highest BCUT2D eigenvalue weighted by molar-refractivity contribution is 6.32. The fourth-order valence-corrected chi connectivity index (χ4v) is 3.05. The average Bonchev–Trinajstić information content (AvgIpc) is 2.96. The Labute approximate surface area is 128 Å². The van der Waals surface area contributed by atoms with Crippen molar-refractivity contribution in [2.45, 2.75) is 19.4 Å². The molecule has 1 amide bonds. The smallest absolute Gasteiger partial charge is 0.254 e. The fourth-order valence-electron chi connectivity index (χ4n) is 2.78. The third-order valence-electron chi connectivity index (χ3n) is 4.04. The Morgan fingerprint density at radius 1 is 1.43 bits per heavy atom. The van der Waals surface area contributed by atoms with Gasteiger partial charge >= 0.3 is 0 Å². The van der Waals surface area contributed by atoms with Crippen LogP contribution in [0.2, 0.25) is 5.02 Å². The number of likely N-dealkylation sites (tertiary alicyclic amines) is 1. The van der Waals surface area contributed by atoms with Crippen LogP contribution in [0.5, 0.6) is 11.5 Å². The molecule has 1 saturated heterocycles. The summed E-state index contributed by atoms with van der Waals surface area (Å²) < 4.78 is 10.9. The molecule has 0 bridgehead atoms. The number of halogens is 1.